The molecule has 0 spiro atoms. The molecule has 0 amide bonds. The number of alkyl halides is 3. The zero-order valence-electron chi connectivity index (χ0n) is 8.89. The minimum atomic E-state index is -2.69. The van der Waals surface area contributed by atoms with Crippen LogP contribution in [0.5, 0.6) is 11.5 Å². The lowest BCUT2D eigenvalue weighted by molar-refractivity contribution is 0.243. The summed E-state index contributed by atoms with van der Waals surface area (Å²) >= 11 is 3.94. The maximum absolute atomic E-state index is 10.1. The summed E-state index contributed by atoms with van der Waals surface area (Å²) < 4.78 is 25.8. The summed E-state index contributed by atoms with van der Waals surface area (Å²) in [6.07, 6.45) is 0. The minimum Gasteiger partial charge on any atom is -0.457 e. The molecule has 0 atom stereocenters. The highest BCUT2D eigenvalue weighted by molar-refractivity contribution is 6.18. The van der Waals surface area contributed by atoms with Crippen LogP contribution in [0.4, 0.5) is 8.78 Å². The molecule has 0 aliphatic heterocycles. The molecule has 0 fully saturated rings. The van der Waals surface area contributed by atoms with Gasteiger partial charge >= 0.3 is 5.88 Å². The molecule has 17 heavy (non-hydrogen) atoms. The Hall–Kier alpha value is -1.61. The molecule has 0 N–H and O–H groups in total. The van der Waals surface area contributed by atoms with Crippen LogP contribution in [0.25, 0.3) is 0 Å². The predicted molar refractivity (Wildman–Crippen MR) is 64.8 cm³/mol. The van der Waals surface area contributed by atoms with Crippen LogP contribution >= 0.6 is 11.6 Å². The van der Waals surface area contributed by atoms with Crippen LogP contribution in [0.15, 0.2) is 60.7 Å². The summed E-state index contributed by atoms with van der Waals surface area (Å²) in [6, 6.07) is 19.5. The standard InChI is InChI=1S/C12H10O.CHClF2/c1-3-7-11(8-4-1)13-12-9-5-2-6-10-12;2-1(3)4/h1-10H;1H. The molecule has 2 aromatic carbocycles. The first-order chi connectivity index (χ1) is 8.18. The van der Waals surface area contributed by atoms with Crippen molar-refractivity contribution in [1.29, 1.82) is 0 Å². The van der Waals surface area contributed by atoms with E-state index in [1.807, 2.05) is 60.7 Å². The first-order valence-corrected chi connectivity index (χ1v) is 5.32. The maximum Gasteiger partial charge on any atom is 0.312 e. The van der Waals surface area contributed by atoms with Crippen molar-refractivity contribution in [2.75, 3.05) is 0 Å². The fourth-order valence-electron chi connectivity index (χ4n) is 1.11. The lowest BCUT2D eigenvalue weighted by Crippen LogP contribution is -1.81. The largest absolute Gasteiger partial charge is 0.457 e. The van der Waals surface area contributed by atoms with Crippen molar-refractivity contribution in [2.24, 2.45) is 0 Å². The van der Waals surface area contributed by atoms with E-state index >= 15 is 0 Å². The average molecular weight is 257 g/mol. The van der Waals surface area contributed by atoms with E-state index in [4.69, 9.17) is 4.74 Å². The molecule has 2 rings (SSSR count). The summed E-state index contributed by atoms with van der Waals surface area (Å²) in [7, 11) is 0. The Kier molecular flexibility index (Phi) is 6.04. The van der Waals surface area contributed by atoms with Gasteiger partial charge in [0.1, 0.15) is 11.5 Å². The van der Waals surface area contributed by atoms with Gasteiger partial charge in [0.15, 0.2) is 0 Å². The van der Waals surface area contributed by atoms with Gasteiger partial charge in [0.05, 0.1) is 0 Å². The number of ether oxygens (including phenoxy) is 1. The van der Waals surface area contributed by atoms with E-state index in [1.165, 1.54) is 0 Å². The number of hydrogen-bond acceptors (Lipinski definition) is 1. The van der Waals surface area contributed by atoms with E-state index in [-0.39, 0.29) is 0 Å². The van der Waals surface area contributed by atoms with Crippen LogP contribution < -0.4 is 4.74 Å². The SMILES string of the molecule is FC(F)Cl.c1ccc(Oc2ccccc2)cc1. The van der Waals surface area contributed by atoms with Gasteiger partial charge in [-0.2, -0.15) is 8.78 Å². The van der Waals surface area contributed by atoms with Gasteiger partial charge in [-0.25, -0.2) is 0 Å². The summed E-state index contributed by atoms with van der Waals surface area (Å²) in [6.45, 7) is 0. The molecule has 0 aliphatic rings. The zero-order chi connectivity index (χ0) is 12.5. The Morgan fingerprint density at radius 2 is 1.06 bits per heavy atom. The van der Waals surface area contributed by atoms with Crippen LogP contribution in [0.2, 0.25) is 0 Å². The highest BCUT2D eigenvalue weighted by Crippen LogP contribution is 2.19. The Bertz CT molecular complexity index is 366. The number of halogens is 3. The Morgan fingerprint density at radius 1 is 0.765 bits per heavy atom. The van der Waals surface area contributed by atoms with Crippen molar-refractivity contribution in [1.82, 2.24) is 0 Å². The van der Waals surface area contributed by atoms with Crippen molar-refractivity contribution >= 4 is 11.6 Å². The minimum absolute atomic E-state index is 0.869. The molecule has 0 heterocycles. The quantitative estimate of drug-likeness (QED) is 0.693. The van der Waals surface area contributed by atoms with Gasteiger partial charge < -0.3 is 4.74 Å². The lowest BCUT2D eigenvalue weighted by Gasteiger charge is -2.03. The van der Waals surface area contributed by atoms with E-state index in [0.29, 0.717) is 0 Å². The first kappa shape index (κ1) is 13.5. The summed E-state index contributed by atoms with van der Waals surface area (Å²) in [5.74, 6) is -0.956. The molecule has 0 saturated carbocycles. The van der Waals surface area contributed by atoms with Gasteiger partial charge in [0.2, 0.25) is 0 Å². The van der Waals surface area contributed by atoms with Gasteiger partial charge in [-0.15, -0.1) is 0 Å². The van der Waals surface area contributed by atoms with Crippen LogP contribution in [0.3, 0.4) is 0 Å². The molecule has 0 aliphatic carbocycles. The smallest absolute Gasteiger partial charge is 0.312 e. The van der Waals surface area contributed by atoms with E-state index in [2.05, 4.69) is 11.6 Å². The van der Waals surface area contributed by atoms with E-state index in [1.54, 1.807) is 0 Å². The van der Waals surface area contributed by atoms with Crippen LogP contribution in [0, 0.1) is 0 Å². The van der Waals surface area contributed by atoms with Gasteiger partial charge in [-0.1, -0.05) is 48.0 Å². The molecule has 0 saturated heterocycles. The topological polar surface area (TPSA) is 9.23 Å². The first-order valence-electron chi connectivity index (χ1n) is 4.88. The average Bonchev–Trinajstić information content (AvgIpc) is 2.31. The fourth-order valence-corrected chi connectivity index (χ4v) is 1.11. The molecule has 0 bridgehead atoms. The predicted octanol–water partition coefficient (Wildman–Crippen LogP) is 4.93. The highest BCUT2D eigenvalue weighted by atomic mass is 35.5. The summed E-state index contributed by atoms with van der Waals surface area (Å²) in [4.78, 5) is 0. The third-order valence-electron chi connectivity index (χ3n) is 1.72. The third-order valence-corrected chi connectivity index (χ3v) is 1.72. The zero-order valence-corrected chi connectivity index (χ0v) is 9.65. The van der Waals surface area contributed by atoms with Crippen LogP contribution in [0.1, 0.15) is 0 Å². The Labute approximate surface area is 104 Å². The fraction of sp³-hybridized carbons (Fsp3) is 0.0769. The number of para-hydroxylation sites is 2. The second-order valence-electron chi connectivity index (χ2n) is 2.98. The van der Waals surface area contributed by atoms with Crippen molar-refractivity contribution in [2.45, 2.75) is 5.88 Å². The second-order valence-corrected chi connectivity index (χ2v) is 3.31. The normalized spacial score (nSPS) is 9.41. The molecular formula is C13H11ClF2O. The molecule has 0 radical (unpaired) electrons. The molecule has 0 unspecified atom stereocenters. The highest BCUT2D eigenvalue weighted by Gasteiger charge is 1.92. The van der Waals surface area contributed by atoms with Crippen LogP contribution in [-0.2, 0) is 0 Å². The molecule has 90 valence electrons. The van der Waals surface area contributed by atoms with Crippen molar-refractivity contribution < 1.29 is 13.5 Å². The second kappa shape index (κ2) is 7.63. The van der Waals surface area contributed by atoms with Crippen molar-refractivity contribution in [3.8, 4) is 11.5 Å². The molecule has 0 aromatic heterocycles. The molecule has 2 aromatic rings. The van der Waals surface area contributed by atoms with E-state index in [0.717, 1.165) is 11.5 Å². The Morgan fingerprint density at radius 3 is 1.35 bits per heavy atom. The number of hydrogen-bond donors (Lipinski definition) is 0. The van der Waals surface area contributed by atoms with Crippen LogP contribution in [-0.4, -0.2) is 5.88 Å². The maximum atomic E-state index is 10.1. The molecule has 4 heteroatoms. The van der Waals surface area contributed by atoms with E-state index in [9.17, 15) is 8.78 Å². The van der Waals surface area contributed by atoms with E-state index < -0.39 is 5.88 Å². The lowest BCUT2D eigenvalue weighted by atomic mass is 10.3. The van der Waals surface area contributed by atoms with Gasteiger partial charge in [-0.3, -0.25) is 0 Å². The third kappa shape index (κ3) is 6.53. The van der Waals surface area contributed by atoms with Gasteiger partial charge in [0.25, 0.3) is 0 Å². The number of rotatable bonds is 2. The number of benzene rings is 2. The van der Waals surface area contributed by atoms with Crippen molar-refractivity contribution in [3.05, 3.63) is 60.7 Å². The Balaban J connectivity index is 0.000000317. The molecular weight excluding hydrogens is 246 g/mol. The monoisotopic (exact) mass is 256 g/mol. The summed E-state index contributed by atoms with van der Waals surface area (Å²) in [5.41, 5.74) is 0. The van der Waals surface area contributed by atoms with Gasteiger partial charge in [-0.05, 0) is 24.3 Å². The van der Waals surface area contributed by atoms with Gasteiger partial charge in [0, 0.05) is 0 Å². The molecule has 1 nitrogen and oxygen atoms in total. The summed E-state index contributed by atoms with van der Waals surface area (Å²) in [5, 5.41) is 0. The van der Waals surface area contributed by atoms with Crippen molar-refractivity contribution in [3.63, 3.8) is 0 Å².